The molecule has 4 heteroatoms. The van der Waals surface area contributed by atoms with Gasteiger partial charge < -0.3 is 14.8 Å². The molecule has 118 valence electrons. The third-order valence-electron chi connectivity index (χ3n) is 5.13. The van der Waals surface area contributed by atoms with Gasteiger partial charge in [-0.2, -0.15) is 0 Å². The van der Waals surface area contributed by atoms with Gasteiger partial charge in [0.1, 0.15) is 5.82 Å². The Morgan fingerprint density at radius 2 is 2.05 bits per heavy atom. The maximum Gasteiger partial charge on any atom is 0.111 e. The third kappa shape index (κ3) is 3.32. The number of nitrogens with zero attached hydrogens (tertiary/aromatic N) is 3. The summed E-state index contributed by atoms with van der Waals surface area (Å²) >= 11 is 0. The lowest BCUT2D eigenvalue weighted by atomic mass is 9.93. The summed E-state index contributed by atoms with van der Waals surface area (Å²) in [6, 6.07) is 0. The van der Waals surface area contributed by atoms with Crippen LogP contribution in [0.3, 0.4) is 0 Å². The molecule has 0 atom stereocenters. The van der Waals surface area contributed by atoms with E-state index in [-0.39, 0.29) is 0 Å². The van der Waals surface area contributed by atoms with E-state index in [9.17, 15) is 0 Å². The molecule has 1 N–H and O–H groups in total. The van der Waals surface area contributed by atoms with Crippen LogP contribution in [0.25, 0.3) is 0 Å². The van der Waals surface area contributed by atoms with E-state index < -0.39 is 0 Å². The fourth-order valence-electron chi connectivity index (χ4n) is 3.74. The molecule has 0 spiro atoms. The Morgan fingerprint density at radius 3 is 2.76 bits per heavy atom. The van der Waals surface area contributed by atoms with Crippen molar-refractivity contribution in [3.8, 4) is 0 Å². The van der Waals surface area contributed by atoms with Crippen LogP contribution in [0.1, 0.15) is 56.2 Å². The number of aromatic nitrogens is 2. The number of imidazole rings is 1. The Labute approximate surface area is 128 Å². The van der Waals surface area contributed by atoms with Gasteiger partial charge >= 0.3 is 0 Å². The van der Waals surface area contributed by atoms with Crippen molar-refractivity contribution in [3.63, 3.8) is 0 Å². The van der Waals surface area contributed by atoms with Crippen molar-refractivity contribution < 1.29 is 0 Å². The van der Waals surface area contributed by atoms with Gasteiger partial charge in [-0.15, -0.1) is 0 Å². The van der Waals surface area contributed by atoms with Crippen LogP contribution in [-0.4, -0.2) is 41.1 Å². The second-order valence-electron chi connectivity index (χ2n) is 7.13. The van der Waals surface area contributed by atoms with Crippen LogP contribution in [0.15, 0.2) is 0 Å². The zero-order valence-corrected chi connectivity index (χ0v) is 13.9. The largest absolute Gasteiger partial charge is 0.331 e. The summed E-state index contributed by atoms with van der Waals surface area (Å²) in [7, 11) is 2.24. The van der Waals surface area contributed by atoms with Crippen LogP contribution >= 0.6 is 0 Å². The summed E-state index contributed by atoms with van der Waals surface area (Å²) in [5, 5.41) is 3.45. The molecule has 21 heavy (non-hydrogen) atoms. The first-order valence-electron chi connectivity index (χ1n) is 8.62. The minimum Gasteiger partial charge on any atom is -0.331 e. The summed E-state index contributed by atoms with van der Waals surface area (Å²) in [6.45, 7) is 10.3. The summed E-state index contributed by atoms with van der Waals surface area (Å²) in [5.74, 6) is 2.73. The predicted octanol–water partition coefficient (Wildman–Crippen LogP) is 2.38. The van der Waals surface area contributed by atoms with Gasteiger partial charge in [-0.3, -0.25) is 0 Å². The normalized spacial score (nSPS) is 21.0. The maximum absolute atomic E-state index is 4.92. The second-order valence-corrected chi connectivity index (χ2v) is 7.13. The molecule has 0 saturated carbocycles. The first kappa shape index (κ1) is 15.0. The molecule has 0 aromatic carbocycles. The van der Waals surface area contributed by atoms with Gasteiger partial charge in [0, 0.05) is 37.7 Å². The van der Waals surface area contributed by atoms with E-state index in [1.54, 1.807) is 0 Å². The number of hydrogen-bond acceptors (Lipinski definition) is 3. The molecule has 3 rings (SSSR count). The number of fused-ring (bicyclic) bond motifs is 1. The molecule has 1 saturated heterocycles. The maximum atomic E-state index is 4.92. The van der Waals surface area contributed by atoms with Crippen molar-refractivity contribution in [2.24, 2.45) is 5.92 Å². The highest BCUT2D eigenvalue weighted by molar-refractivity contribution is 5.21. The molecule has 2 aliphatic heterocycles. The van der Waals surface area contributed by atoms with E-state index in [1.807, 2.05) is 0 Å². The number of likely N-dealkylation sites (tertiary alicyclic amines) is 1. The fraction of sp³-hybridized carbons (Fsp3) is 0.824. The zero-order valence-electron chi connectivity index (χ0n) is 13.9. The van der Waals surface area contributed by atoms with Crippen LogP contribution < -0.4 is 5.32 Å². The first-order chi connectivity index (χ1) is 10.1. The van der Waals surface area contributed by atoms with E-state index in [0.29, 0.717) is 5.92 Å². The molecular weight excluding hydrogens is 260 g/mol. The number of nitrogens with one attached hydrogen (secondary N) is 1. The minimum absolute atomic E-state index is 0.521. The highest BCUT2D eigenvalue weighted by Crippen LogP contribution is 2.25. The van der Waals surface area contributed by atoms with Crippen molar-refractivity contribution in [2.75, 3.05) is 26.7 Å². The van der Waals surface area contributed by atoms with E-state index in [4.69, 9.17) is 4.98 Å². The number of hydrogen-bond donors (Lipinski definition) is 1. The van der Waals surface area contributed by atoms with Crippen LogP contribution in [0, 0.1) is 5.92 Å². The Hall–Kier alpha value is -0.870. The molecule has 4 nitrogen and oxygen atoms in total. The quantitative estimate of drug-likeness (QED) is 0.924. The van der Waals surface area contributed by atoms with Crippen molar-refractivity contribution in [1.82, 2.24) is 19.8 Å². The van der Waals surface area contributed by atoms with Gasteiger partial charge in [0.15, 0.2) is 0 Å². The van der Waals surface area contributed by atoms with Gasteiger partial charge in [0.05, 0.1) is 5.69 Å². The predicted molar refractivity (Wildman–Crippen MR) is 86.6 cm³/mol. The van der Waals surface area contributed by atoms with Crippen LogP contribution in [0.5, 0.6) is 0 Å². The lowest BCUT2D eigenvalue weighted by molar-refractivity contribution is 0.207. The van der Waals surface area contributed by atoms with Crippen molar-refractivity contribution >= 4 is 0 Å². The lowest BCUT2D eigenvalue weighted by Gasteiger charge is -2.29. The monoisotopic (exact) mass is 290 g/mol. The van der Waals surface area contributed by atoms with E-state index >= 15 is 0 Å². The van der Waals surface area contributed by atoms with Crippen LogP contribution in [0.4, 0.5) is 0 Å². The average molecular weight is 290 g/mol. The van der Waals surface area contributed by atoms with Crippen molar-refractivity contribution in [1.29, 1.82) is 0 Å². The van der Waals surface area contributed by atoms with Crippen LogP contribution in [-0.2, 0) is 19.5 Å². The second kappa shape index (κ2) is 6.49. The highest BCUT2D eigenvalue weighted by Gasteiger charge is 2.22. The van der Waals surface area contributed by atoms with Gasteiger partial charge in [0.2, 0.25) is 0 Å². The Bertz CT molecular complexity index is 469. The average Bonchev–Trinajstić information content (AvgIpc) is 2.86. The zero-order chi connectivity index (χ0) is 14.8. The van der Waals surface area contributed by atoms with Gasteiger partial charge in [0.25, 0.3) is 0 Å². The number of piperidine rings is 1. The smallest absolute Gasteiger partial charge is 0.111 e. The van der Waals surface area contributed by atoms with Crippen molar-refractivity contribution in [3.05, 3.63) is 17.2 Å². The molecule has 1 aromatic rings. The summed E-state index contributed by atoms with van der Waals surface area (Å²) in [5.41, 5.74) is 2.80. The standard InChI is InChI=1S/C17H30N4/c1-13(2)17-19-15-12-18-8-4-16(15)21(17)11-7-14-5-9-20(3)10-6-14/h13-14,18H,4-12H2,1-3H3. The van der Waals surface area contributed by atoms with Gasteiger partial charge in [-0.05, 0) is 45.3 Å². The van der Waals surface area contributed by atoms with Gasteiger partial charge in [-0.1, -0.05) is 13.8 Å². The summed E-state index contributed by atoms with van der Waals surface area (Å²) in [6.07, 6.45) is 5.20. The van der Waals surface area contributed by atoms with E-state index in [1.165, 1.54) is 56.1 Å². The summed E-state index contributed by atoms with van der Waals surface area (Å²) in [4.78, 5) is 7.38. The lowest BCUT2D eigenvalue weighted by Crippen LogP contribution is -2.31. The minimum atomic E-state index is 0.521. The van der Waals surface area contributed by atoms with E-state index in [2.05, 4.69) is 35.7 Å². The topological polar surface area (TPSA) is 33.1 Å². The molecule has 1 fully saturated rings. The third-order valence-corrected chi connectivity index (χ3v) is 5.13. The molecule has 0 bridgehead atoms. The Kier molecular flexibility index (Phi) is 4.65. The number of rotatable bonds is 4. The Balaban J connectivity index is 1.70. The van der Waals surface area contributed by atoms with Crippen LogP contribution in [0.2, 0.25) is 0 Å². The molecule has 3 heterocycles. The summed E-state index contributed by atoms with van der Waals surface area (Å²) < 4.78 is 2.55. The fourth-order valence-corrected chi connectivity index (χ4v) is 3.74. The first-order valence-corrected chi connectivity index (χ1v) is 8.62. The van der Waals surface area contributed by atoms with Crippen molar-refractivity contribution in [2.45, 2.75) is 58.5 Å². The molecule has 0 amide bonds. The molecular formula is C17H30N4. The Morgan fingerprint density at radius 1 is 1.29 bits per heavy atom. The molecule has 0 unspecified atom stereocenters. The molecule has 2 aliphatic rings. The molecule has 1 aromatic heterocycles. The SMILES string of the molecule is CC(C)c1nc2c(n1CCC1CCN(C)CC1)CCNC2. The highest BCUT2D eigenvalue weighted by atomic mass is 15.1. The van der Waals surface area contributed by atoms with Gasteiger partial charge in [-0.25, -0.2) is 4.98 Å². The van der Waals surface area contributed by atoms with E-state index in [0.717, 1.165) is 25.4 Å². The molecule has 0 aliphatic carbocycles. The molecule has 0 radical (unpaired) electrons.